The number of esters is 1. The van der Waals surface area contributed by atoms with Crippen molar-refractivity contribution < 1.29 is 18.7 Å². The molecule has 0 atom stereocenters. The van der Waals surface area contributed by atoms with E-state index in [4.69, 9.17) is 4.74 Å². The maximum atomic E-state index is 13.1. The van der Waals surface area contributed by atoms with E-state index >= 15 is 0 Å². The lowest BCUT2D eigenvalue weighted by molar-refractivity contribution is -0.138. The molecule has 0 radical (unpaired) electrons. The van der Waals surface area contributed by atoms with Crippen molar-refractivity contribution >= 4 is 11.8 Å². The van der Waals surface area contributed by atoms with Crippen LogP contribution in [0.4, 0.5) is 4.39 Å². The van der Waals surface area contributed by atoms with Gasteiger partial charge in [-0.05, 0) is 37.6 Å². The minimum absolute atomic E-state index is 0.0773. The van der Waals surface area contributed by atoms with Crippen molar-refractivity contribution in [3.63, 3.8) is 0 Å². The van der Waals surface area contributed by atoms with Crippen LogP contribution >= 0.6 is 0 Å². The number of nitrogens with zero attached hydrogens (tertiary/aromatic N) is 1. The van der Waals surface area contributed by atoms with Gasteiger partial charge in [-0.1, -0.05) is 0 Å². The average Bonchev–Trinajstić information content (AvgIpc) is 2.35. The molecule has 0 fully saturated rings. The summed E-state index contributed by atoms with van der Waals surface area (Å²) in [6.07, 6.45) is 1.41. The molecule has 0 N–H and O–H groups in total. The number of halogens is 1. The van der Waals surface area contributed by atoms with Crippen LogP contribution in [0.1, 0.15) is 22.8 Å². The van der Waals surface area contributed by atoms with E-state index < -0.39 is 17.6 Å². The summed E-state index contributed by atoms with van der Waals surface area (Å²) in [6, 6.07) is 3.82. The molecule has 0 amide bonds. The smallest absolute Gasteiger partial charge is 0.343 e. The molecular formula is C15H18FNO3. The van der Waals surface area contributed by atoms with Crippen LogP contribution in [-0.2, 0) is 9.53 Å². The van der Waals surface area contributed by atoms with E-state index in [0.717, 1.165) is 0 Å². The SMILES string of the molecule is CCOC(=O)/C(=C\N(C)C)C(=O)c1ccc(F)cc1C. The summed E-state index contributed by atoms with van der Waals surface area (Å²) in [5, 5.41) is 0. The lowest BCUT2D eigenvalue weighted by Crippen LogP contribution is -2.20. The first-order valence-electron chi connectivity index (χ1n) is 6.23. The van der Waals surface area contributed by atoms with Crippen molar-refractivity contribution in [3.05, 3.63) is 46.9 Å². The highest BCUT2D eigenvalue weighted by atomic mass is 19.1. The number of rotatable bonds is 5. The fraction of sp³-hybridized carbons (Fsp3) is 0.333. The molecule has 1 aromatic carbocycles. The predicted molar refractivity (Wildman–Crippen MR) is 73.9 cm³/mol. The summed E-state index contributed by atoms with van der Waals surface area (Å²) in [4.78, 5) is 25.9. The number of ether oxygens (including phenoxy) is 1. The van der Waals surface area contributed by atoms with Crippen LogP contribution < -0.4 is 0 Å². The number of benzene rings is 1. The number of hydrogen-bond acceptors (Lipinski definition) is 4. The number of carbonyl (C=O) groups is 2. The minimum Gasteiger partial charge on any atom is -0.462 e. The Hall–Kier alpha value is -2.17. The number of hydrogen-bond donors (Lipinski definition) is 0. The number of aryl methyl sites for hydroxylation is 1. The summed E-state index contributed by atoms with van der Waals surface area (Å²) in [7, 11) is 3.40. The molecule has 0 heterocycles. The van der Waals surface area contributed by atoms with Gasteiger partial charge in [-0.15, -0.1) is 0 Å². The van der Waals surface area contributed by atoms with E-state index in [0.29, 0.717) is 5.56 Å². The summed E-state index contributed by atoms with van der Waals surface area (Å²) in [6.45, 7) is 3.47. The molecule has 0 aliphatic carbocycles. The van der Waals surface area contributed by atoms with Crippen molar-refractivity contribution in [2.45, 2.75) is 13.8 Å². The van der Waals surface area contributed by atoms with Crippen molar-refractivity contribution in [2.24, 2.45) is 0 Å². The maximum absolute atomic E-state index is 13.1. The van der Waals surface area contributed by atoms with Gasteiger partial charge in [-0.2, -0.15) is 0 Å². The Morgan fingerprint density at radius 2 is 2.00 bits per heavy atom. The Morgan fingerprint density at radius 3 is 2.50 bits per heavy atom. The van der Waals surface area contributed by atoms with Gasteiger partial charge >= 0.3 is 5.97 Å². The van der Waals surface area contributed by atoms with Crippen molar-refractivity contribution in [3.8, 4) is 0 Å². The maximum Gasteiger partial charge on any atom is 0.343 e. The molecule has 0 bridgehead atoms. The lowest BCUT2D eigenvalue weighted by Gasteiger charge is -2.12. The molecule has 0 saturated carbocycles. The van der Waals surface area contributed by atoms with Gasteiger partial charge in [-0.25, -0.2) is 9.18 Å². The second-order valence-corrected chi connectivity index (χ2v) is 4.52. The van der Waals surface area contributed by atoms with E-state index in [-0.39, 0.29) is 17.7 Å². The fourth-order valence-corrected chi connectivity index (χ4v) is 1.70. The highest BCUT2D eigenvalue weighted by molar-refractivity contribution is 6.24. The largest absolute Gasteiger partial charge is 0.462 e. The van der Waals surface area contributed by atoms with Crippen molar-refractivity contribution in [1.82, 2.24) is 4.90 Å². The van der Waals surface area contributed by atoms with E-state index in [1.165, 1.54) is 24.4 Å². The van der Waals surface area contributed by atoms with Gasteiger partial charge in [0.25, 0.3) is 0 Å². The molecule has 1 rings (SSSR count). The van der Waals surface area contributed by atoms with Crippen LogP contribution in [0.15, 0.2) is 30.0 Å². The monoisotopic (exact) mass is 279 g/mol. The number of Topliss-reactive ketones (excluding diaryl/α,β-unsaturated/α-hetero) is 1. The van der Waals surface area contributed by atoms with Crippen LogP contribution in [0.3, 0.4) is 0 Å². The van der Waals surface area contributed by atoms with Gasteiger partial charge < -0.3 is 9.64 Å². The zero-order valence-electron chi connectivity index (χ0n) is 12.1. The topological polar surface area (TPSA) is 46.6 Å². The molecule has 4 nitrogen and oxygen atoms in total. The highest BCUT2D eigenvalue weighted by Gasteiger charge is 2.23. The van der Waals surface area contributed by atoms with Gasteiger partial charge in [0.2, 0.25) is 5.78 Å². The molecular weight excluding hydrogens is 261 g/mol. The third-order valence-corrected chi connectivity index (χ3v) is 2.56. The van der Waals surface area contributed by atoms with Crippen LogP contribution in [0, 0.1) is 12.7 Å². The molecule has 5 heteroatoms. The second kappa shape index (κ2) is 6.84. The summed E-state index contributed by atoms with van der Waals surface area (Å²) in [5.41, 5.74) is 0.683. The minimum atomic E-state index is -0.685. The van der Waals surface area contributed by atoms with Gasteiger partial charge in [0.05, 0.1) is 6.61 Å². The Morgan fingerprint density at radius 1 is 1.35 bits per heavy atom. The lowest BCUT2D eigenvalue weighted by atomic mass is 9.99. The number of ketones is 1. The first-order valence-corrected chi connectivity index (χ1v) is 6.23. The fourth-order valence-electron chi connectivity index (χ4n) is 1.70. The normalized spacial score (nSPS) is 11.2. The highest BCUT2D eigenvalue weighted by Crippen LogP contribution is 2.16. The van der Waals surface area contributed by atoms with Crippen LogP contribution in [0.25, 0.3) is 0 Å². The molecule has 1 aromatic rings. The van der Waals surface area contributed by atoms with Crippen molar-refractivity contribution in [1.29, 1.82) is 0 Å². The summed E-state index contributed by atoms with van der Waals surface area (Å²) in [5.74, 6) is -1.59. The van der Waals surface area contributed by atoms with Crippen molar-refractivity contribution in [2.75, 3.05) is 20.7 Å². The van der Waals surface area contributed by atoms with E-state index in [1.807, 2.05) is 0 Å². The second-order valence-electron chi connectivity index (χ2n) is 4.52. The Labute approximate surface area is 117 Å². The first kappa shape index (κ1) is 15.9. The predicted octanol–water partition coefficient (Wildman–Crippen LogP) is 2.33. The van der Waals surface area contributed by atoms with Crippen LogP contribution in [0.2, 0.25) is 0 Å². The number of carbonyl (C=O) groups excluding carboxylic acids is 2. The van der Waals surface area contributed by atoms with E-state index in [9.17, 15) is 14.0 Å². The standard InChI is InChI=1S/C15H18FNO3/c1-5-20-15(19)13(9-17(3)4)14(18)12-7-6-11(16)8-10(12)2/h6-9H,5H2,1-4H3/b13-9-. The molecule has 108 valence electrons. The molecule has 0 aromatic heterocycles. The first-order chi connectivity index (χ1) is 9.36. The molecule has 20 heavy (non-hydrogen) atoms. The Kier molecular flexibility index (Phi) is 5.43. The molecule has 0 unspecified atom stereocenters. The average molecular weight is 279 g/mol. The van der Waals surface area contributed by atoms with Gasteiger partial charge in [0.1, 0.15) is 11.4 Å². The molecule has 0 saturated heterocycles. The summed E-state index contributed by atoms with van der Waals surface area (Å²) < 4.78 is 18.0. The third-order valence-electron chi connectivity index (χ3n) is 2.56. The van der Waals surface area contributed by atoms with E-state index in [1.54, 1.807) is 32.8 Å². The zero-order chi connectivity index (χ0) is 15.3. The molecule has 0 aliphatic heterocycles. The zero-order valence-corrected chi connectivity index (χ0v) is 12.1. The summed E-state index contributed by atoms with van der Waals surface area (Å²) >= 11 is 0. The quantitative estimate of drug-likeness (QED) is 0.273. The van der Waals surface area contributed by atoms with E-state index in [2.05, 4.69) is 0 Å². The molecule has 0 spiro atoms. The van der Waals surface area contributed by atoms with Crippen LogP contribution in [0.5, 0.6) is 0 Å². The third kappa shape index (κ3) is 3.91. The van der Waals surface area contributed by atoms with Crippen LogP contribution in [-0.4, -0.2) is 37.4 Å². The van der Waals surface area contributed by atoms with Gasteiger partial charge in [0, 0.05) is 25.9 Å². The Bertz CT molecular complexity index is 550. The van der Waals surface area contributed by atoms with Gasteiger partial charge in [-0.3, -0.25) is 4.79 Å². The molecule has 0 aliphatic rings. The Balaban J connectivity index is 3.20. The van der Waals surface area contributed by atoms with Gasteiger partial charge in [0.15, 0.2) is 0 Å².